The molecule has 1 aliphatic rings. The molecule has 1 fully saturated rings. The van der Waals surface area contributed by atoms with E-state index in [4.69, 9.17) is 9.84 Å². The third kappa shape index (κ3) is 4.20. The summed E-state index contributed by atoms with van der Waals surface area (Å²) in [5.74, 6) is -1.47. The summed E-state index contributed by atoms with van der Waals surface area (Å²) in [6.45, 7) is 0.0806. The van der Waals surface area contributed by atoms with Crippen LogP contribution in [0.25, 0.3) is 0 Å². The van der Waals surface area contributed by atoms with Crippen LogP contribution in [-0.2, 0) is 20.9 Å². The minimum Gasteiger partial charge on any atom is -0.480 e. The van der Waals surface area contributed by atoms with Crippen molar-refractivity contribution in [3.63, 3.8) is 0 Å². The van der Waals surface area contributed by atoms with E-state index in [-0.39, 0.29) is 13.2 Å². The molecule has 0 spiro atoms. The molecule has 0 aromatic heterocycles. The molecule has 1 aromatic carbocycles. The number of nitrogens with one attached hydrogen (secondary N) is 1. The van der Waals surface area contributed by atoms with Gasteiger partial charge in [-0.05, 0) is 12.0 Å². The number of aliphatic carboxylic acids is 1. The Hall–Kier alpha value is -2.57. The van der Waals surface area contributed by atoms with Gasteiger partial charge in [0.15, 0.2) is 0 Å². The van der Waals surface area contributed by atoms with Crippen LogP contribution in [0.4, 0.5) is 4.79 Å². The molecule has 0 saturated carbocycles. The van der Waals surface area contributed by atoms with Gasteiger partial charge in [-0.15, -0.1) is 0 Å². The maximum Gasteiger partial charge on any atom is 0.408 e. The van der Waals surface area contributed by atoms with E-state index in [9.17, 15) is 14.4 Å². The van der Waals surface area contributed by atoms with E-state index in [0.29, 0.717) is 13.0 Å². The zero-order valence-electron chi connectivity index (χ0n) is 11.3. The third-order valence-corrected chi connectivity index (χ3v) is 3.13. The Labute approximate surface area is 121 Å². The van der Waals surface area contributed by atoms with Crippen molar-refractivity contribution < 1.29 is 24.2 Å². The first-order valence-corrected chi connectivity index (χ1v) is 6.54. The number of carboxylic acid groups (broad SMARTS) is 1. The standard InChI is InChI=1S/C14H16N2O5/c17-12(18)8-16-7-6-11(13(16)19)15-14(20)21-9-10-4-2-1-3-5-10/h1-5,11H,6-9H2,(H,15,20)(H,17,18). The number of carbonyl (C=O) groups is 3. The van der Waals surface area contributed by atoms with Crippen molar-refractivity contribution in [3.8, 4) is 0 Å². The Morgan fingerprint density at radius 3 is 2.71 bits per heavy atom. The minimum atomic E-state index is -1.07. The summed E-state index contributed by atoms with van der Waals surface area (Å²) in [5.41, 5.74) is 0.845. The van der Waals surface area contributed by atoms with Crippen molar-refractivity contribution in [1.29, 1.82) is 0 Å². The zero-order valence-corrected chi connectivity index (χ0v) is 11.3. The molecular formula is C14H16N2O5. The van der Waals surface area contributed by atoms with Crippen LogP contribution >= 0.6 is 0 Å². The van der Waals surface area contributed by atoms with Crippen LogP contribution < -0.4 is 5.32 Å². The Morgan fingerprint density at radius 2 is 2.05 bits per heavy atom. The molecule has 0 bridgehead atoms. The van der Waals surface area contributed by atoms with Gasteiger partial charge in [-0.3, -0.25) is 9.59 Å². The lowest BCUT2D eigenvalue weighted by molar-refractivity contribution is -0.143. The average molecular weight is 292 g/mol. The molecule has 1 saturated heterocycles. The smallest absolute Gasteiger partial charge is 0.408 e. The van der Waals surface area contributed by atoms with E-state index in [0.717, 1.165) is 5.56 Å². The number of amides is 2. The highest BCUT2D eigenvalue weighted by Gasteiger charge is 2.33. The van der Waals surface area contributed by atoms with Crippen molar-refractivity contribution in [1.82, 2.24) is 10.2 Å². The fourth-order valence-electron chi connectivity index (χ4n) is 2.10. The second-order valence-electron chi connectivity index (χ2n) is 4.70. The van der Waals surface area contributed by atoms with Crippen LogP contribution in [-0.4, -0.2) is 47.1 Å². The normalized spacial score (nSPS) is 17.6. The molecule has 112 valence electrons. The van der Waals surface area contributed by atoms with Crippen LogP contribution in [0, 0.1) is 0 Å². The van der Waals surface area contributed by atoms with E-state index in [2.05, 4.69) is 5.32 Å². The van der Waals surface area contributed by atoms with Gasteiger partial charge in [0, 0.05) is 6.54 Å². The molecule has 0 aliphatic carbocycles. The van der Waals surface area contributed by atoms with E-state index >= 15 is 0 Å². The predicted molar refractivity (Wildman–Crippen MR) is 72.4 cm³/mol. The van der Waals surface area contributed by atoms with Crippen LogP contribution in [0.15, 0.2) is 30.3 Å². The van der Waals surface area contributed by atoms with Gasteiger partial charge in [0.1, 0.15) is 19.2 Å². The first kappa shape index (κ1) is 14.8. The van der Waals surface area contributed by atoms with Gasteiger partial charge in [-0.1, -0.05) is 30.3 Å². The van der Waals surface area contributed by atoms with Gasteiger partial charge in [0.05, 0.1) is 0 Å². The predicted octanol–water partition coefficient (Wildman–Crippen LogP) is 0.598. The minimum absolute atomic E-state index is 0.117. The van der Waals surface area contributed by atoms with Gasteiger partial charge in [0.25, 0.3) is 0 Å². The molecule has 2 rings (SSSR count). The first-order valence-electron chi connectivity index (χ1n) is 6.54. The molecule has 1 aliphatic heterocycles. The van der Waals surface area contributed by atoms with Crippen LogP contribution in [0.2, 0.25) is 0 Å². The summed E-state index contributed by atoms with van der Waals surface area (Å²) in [4.78, 5) is 35.3. The zero-order chi connectivity index (χ0) is 15.2. The first-order chi connectivity index (χ1) is 10.1. The quantitative estimate of drug-likeness (QED) is 0.828. The van der Waals surface area contributed by atoms with E-state index in [1.54, 1.807) is 0 Å². The molecule has 0 radical (unpaired) electrons. The number of carbonyl (C=O) groups excluding carboxylic acids is 2. The molecule has 1 aromatic rings. The van der Waals surface area contributed by atoms with Crippen molar-refractivity contribution in [2.45, 2.75) is 19.1 Å². The maximum atomic E-state index is 11.8. The number of carboxylic acids is 1. The lowest BCUT2D eigenvalue weighted by atomic mass is 10.2. The highest BCUT2D eigenvalue weighted by Crippen LogP contribution is 2.11. The largest absolute Gasteiger partial charge is 0.480 e. The van der Waals surface area contributed by atoms with E-state index in [1.807, 2.05) is 30.3 Å². The molecule has 7 heteroatoms. The lowest BCUT2D eigenvalue weighted by Gasteiger charge is -2.14. The Balaban J connectivity index is 1.78. The second-order valence-corrected chi connectivity index (χ2v) is 4.70. The Morgan fingerprint density at radius 1 is 1.33 bits per heavy atom. The van der Waals surface area contributed by atoms with Crippen molar-refractivity contribution in [3.05, 3.63) is 35.9 Å². The monoisotopic (exact) mass is 292 g/mol. The third-order valence-electron chi connectivity index (χ3n) is 3.13. The number of hydrogen-bond acceptors (Lipinski definition) is 4. The fourth-order valence-corrected chi connectivity index (χ4v) is 2.10. The number of hydrogen-bond donors (Lipinski definition) is 2. The van der Waals surface area contributed by atoms with Crippen LogP contribution in [0.5, 0.6) is 0 Å². The van der Waals surface area contributed by atoms with Crippen molar-refractivity contribution >= 4 is 18.0 Å². The van der Waals surface area contributed by atoms with Gasteiger partial charge in [-0.25, -0.2) is 4.79 Å². The van der Waals surface area contributed by atoms with Crippen molar-refractivity contribution in [2.75, 3.05) is 13.1 Å². The van der Waals surface area contributed by atoms with Gasteiger partial charge in [0.2, 0.25) is 5.91 Å². The Kier molecular flexibility index (Phi) is 4.76. The van der Waals surface area contributed by atoms with Gasteiger partial charge < -0.3 is 20.1 Å². The SMILES string of the molecule is O=C(O)CN1CCC(NC(=O)OCc2ccccc2)C1=O. The van der Waals surface area contributed by atoms with Gasteiger partial charge >= 0.3 is 12.1 Å². The summed E-state index contributed by atoms with van der Waals surface area (Å²) in [5, 5.41) is 11.1. The van der Waals surface area contributed by atoms with E-state index in [1.165, 1.54) is 4.90 Å². The summed E-state index contributed by atoms with van der Waals surface area (Å²) < 4.78 is 5.02. The molecule has 21 heavy (non-hydrogen) atoms. The summed E-state index contributed by atoms with van der Waals surface area (Å²) >= 11 is 0. The number of benzene rings is 1. The molecule has 7 nitrogen and oxygen atoms in total. The fraction of sp³-hybridized carbons (Fsp3) is 0.357. The molecular weight excluding hydrogens is 276 g/mol. The topological polar surface area (TPSA) is 95.9 Å². The molecule has 1 unspecified atom stereocenters. The highest BCUT2D eigenvalue weighted by atomic mass is 16.5. The summed E-state index contributed by atoms with van der Waals surface area (Å²) in [6, 6.07) is 8.46. The summed E-state index contributed by atoms with van der Waals surface area (Å²) in [7, 11) is 0. The molecule has 1 atom stereocenters. The van der Waals surface area contributed by atoms with Crippen molar-refractivity contribution in [2.24, 2.45) is 0 Å². The van der Waals surface area contributed by atoms with Gasteiger partial charge in [-0.2, -0.15) is 0 Å². The van der Waals surface area contributed by atoms with E-state index < -0.39 is 24.0 Å². The number of ether oxygens (including phenoxy) is 1. The lowest BCUT2D eigenvalue weighted by Crippen LogP contribution is -2.42. The summed E-state index contributed by atoms with van der Waals surface area (Å²) in [6.07, 6.45) is -0.304. The molecule has 1 heterocycles. The molecule has 2 amide bonds. The van der Waals surface area contributed by atoms with Crippen LogP contribution in [0.3, 0.4) is 0 Å². The maximum absolute atomic E-state index is 11.8. The molecule has 2 N–H and O–H groups in total. The number of rotatable bonds is 5. The van der Waals surface area contributed by atoms with Crippen LogP contribution in [0.1, 0.15) is 12.0 Å². The average Bonchev–Trinajstić information content (AvgIpc) is 2.79. The highest BCUT2D eigenvalue weighted by molar-refractivity contribution is 5.89. The Bertz CT molecular complexity index is 531. The number of nitrogens with zero attached hydrogens (tertiary/aromatic N) is 1. The number of likely N-dealkylation sites (tertiary alicyclic amines) is 1. The second kappa shape index (κ2) is 6.74. The number of alkyl carbamates (subject to hydrolysis) is 1.